The molecule has 0 saturated carbocycles. The van der Waals surface area contributed by atoms with Gasteiger partial charge in [0.15, 0.2) is 0 Å². The van der Waals surface area contributed by atoms with Gasteiger partial charge in [0.25, 0.3) is 0 Å². The molecule has 1 nitrogen and oxygen atoms in total. The van der Waals surface area contributed by atoms with Gasteiger partial charge in [0.1, 0.15) is 0 Å². The lowest BCUT2D eigenvalue weighted by atomic mass is 10.3. The third-order valence-corrected chi connectivity index (χ3v) is 2.20. The van der Waals surface area contributed by atoms with E-state index in [4.69, 9.17) is 0 Å². The molecule has 1 N–H and O–H groups in total. The van der Waals surface area contributed by atoms with Gasteiger partial charge in [-0.3, -0.25) is 0 Å². The van der Waals surface area contributed by atoms with Gasteiger partial charge in [0, 0.05) is 11.4 Å². The van der Waals surface area contributed by atoms with Gasteiger partial charge >= 0.3 is 0 Å². The van der Waals surface area contributed by atoms with Crippen LogP contribution in [0.15, 0.2) is 24.0 Å². The van der Waals surface area contributed by atoms with E-state index < -0.39 is 0 Å². The Morgan fingerprint density at radius 1 is 1.70 bits per heavy atom. The Morgan fingerprint density at radius 3 is 3.00 bits per heavy atom. The monoisotopic (exact) mass is 155 g/mol. The number of rotatable bonds is 2. The summed E-state index contributed by atoms with van der Waals surface area (Å²) in [5.74, 6) is 0. The second kappa shape index (κ2) is 3.78. The third kappa shape index (κ3) is 2.15. The maximum atomic E-state index is 3.86. The Hall–Kier alpha value is -0.290. The Morgan fingerprint density at radius 2 is 2.50 bits per heavy atom. The van der Waals surface area contributed by atoms with E-state index >= 15 is 0 Å². The van der Waals surface area contributed by atoms with Crippen LogP contribution in [0.4, 0.5) is 0 Å². The minimum Gasteiger partial charge on any atom is -0.363 e. The molecule has 1 rings (SSSR count). The second-order valence-corrected chi connectivity index (χ2v) is 3.63. The molecule has 0 aromatic heterocycles. The van der Waals surface area contributed by atoms with Crippen molar-refractivity contribution in [3.8, 4) is 0 Å². The second-order valence-electron chi connectivity index (χ2n) is 2.52. The largest absolute Gasteiger partial charge is 0.363 e. The maximum Gasteiger partial charge on any atom is 0.0115 e. The molecule has 0 aliphatic carbocycles. The molecule has 1 saturated heterocycles. The predicted octanol–water partition coefficient (Wildman–Crippen LogP) is 2.08. The van der Waals surface area contributed by atoms with Gasteiger partial charge in [0.05, 0.1) is 0 Å². The first kappa shape index (κ1) is 7.81. The predicted molar refractivity (Wildman–Crippen MR) is 48.7 cm³/mol. The molecule has 10 heavy (non-hydrogen) atoms. The smallest absolute Gasteiger partial charge is 0.0115 e. The molecule has 0 spiro atoms. The first-order valence-corrected chi connectivity index (χ1v) is 5.32. The molecule has 1 heterocycles. The van der Waals surface area contributed by atoms with Crippen LogP contribution in [0.5, 0.6) is 0 Å². The van der Waals surface area contributed by atoms with Gasteiger partial charge in [-0.25, -0.2) is 0 Å². The normalized spacial score (nSPS) is 22.9. The Balaban J connectivity index is 2.36. The van der Waals surface area contributed by atoms with Crippen molar-refractivity contribution in [2.45, 2.75) is 12.8 Å². The SMILES string of the molecule is C=C1CC/C(=C/CPC)N1. The van der Waals surface area contributed by atoms with E-state index in [1.807, 2.05) is 0 Å². The van der Waals surface area contributed by atoms with Crippen molar-refractivity contribution in [3.63, 3.8) is 0 Å². The minimum absolute atomic E-state index is 1.03. The van der Waals surface area contributed by atoms with Crippen LogP contribution in [0, 0.1) is 0 Å². The average molecular weight is 155 g/mol. The average Bonchev–Trinajstić information content (AvgIpc) is 2.31. The molecule has 0 aromatic rings. The van der Waals surface area contributed by atoms with E-state index in [0.29, 0.717) is 0 Å². The van der Waals surface area contributed by atoms with Gasteiger partial charge in [0.2, 0.25) is 0 Å². The number of nitrogens with one attached hydrogen (secondary N) is 1. The summed E-state index contributed by atoms with van der Waals surface area (Å²) in [5.41, 5.74) is 2.55. The molecule has 0 radical (unpaired) electrons. The van der Waals surface area contributed by atoms with E-state index in [1.165, 1.54) is 24.0 Å². The highest BCUT2D eigenvalue weighted by molar-refractivity contribution is 7.37. The highest BCUT2D eigenvalue weighted by Gasteiger charge is 2.07. The van der Waals surface area contributed by atoms with E-state index in [-0.39, 0.29) is 0 Å². The lowest BCUT2D eigenvalue weighted by Gasteiger charge is -1.96. The topological polar surface area (TPSA) is 12.0 Å². The van der Waals surface area contributed by atoms with Crippen LogP contribution in [-0.2, 0) is 0 Å². The first-order valence-electron chi connectivity index (χ1n) is 3.61. The quantitative estimate of drug-likeness (QED) is 0.602. The summed E-state index contributed by atoms with van der Waals surface area (Å²) in [6.45, 7) is 6.09. The van der Waals surface area contributed by atoms with Crippen LogP contribution in [0.3, 0.4) is 0 Å². The van der Waals surface area contributed by atoms with Gasteiger partial charge in [-0.1, -0.05) is 12.7 Å². The zero-order valence-corrected chi connectivity index (χ0v) is 7.41. The Labute approximate surface area is 64.4 Å². The van der Waals surface area contributed by atoms with Gasteiger partial charge in [-0.15, -0.1) is 8.58 Å². The summed E-state index contributed by atoms with van der Waals surface area (Å²) in [6.07, 6.45) is 5.80. The Kier molecular flexibility index (Phi) is 2.95. The summed E-state index contributed by atoms with van der Waals surface area (Å²) in [5, 5.41) is 3.26. The third-order valence-electron chi connectivity index (χ3n) is 1.59. The molecular weight excluding hydrogens is 141 g/mol. The van der Waals surface area contributed by atoms with E-state index in [2.05, 4.69) is 24.6 Å². The molecule has 0 aromatic carbocycles. The molecule has 1 atom stereocenters. The number of allylic oxidation sites excluding steroid dienone is 3. The molecule has 1 aliphatic heterocycles. The molecule has 56 valence electrons. The van der Waals surface area contributed by atoms with Crippen LogP contribution >= 0.6 is 8.58 Å². The van der Waals surface area contributed by atoms with Crippen molar-refractivity contribution in [1.82, 2.24) is 5.32 Å². The first-order chi connectivity index (χ1) is 4.83. The van der Waals surface area contributed by atoms with Gasteiger partial charge < -0.3 is 5.32 Å². The fraction of sp³-hybridized carbons (Fsp3) is 0.500. The summed E-state index contributed by atoms with van der Waals surface area (Å²) in [7, 11) is 1.03. The van der Waals surface area contributed by atoms with E-state index in [1.54, 1.807) is 0 Å². The van der Waals surface area contributed by atoms with Crippen molar-refractivity contribution >= 4 is 8.58 Å². The Bertz CT molecular complexity index is 161. The lowest BCUT2D eigenvalue weighted by Crippen LogP contribution is -2.00. The van der Waals surface area contributed by atoms with E-state index in [0.717, 1.165) is 15.0 Å². The molecule has 2 heteroatoms. The summed E-state index contributed by atoms with van der Waals surface area (Å²) in [4.78, 5) is 0. The molecule has 0 bridgehead atoms. The number of hydrogen-bond donors (Lipinski definition) is 1. The van der Waals surface area contributed by atoms with Gasteiger partial charge in [-0.2, -0.15) is 0 Å². The standard InChI is InChI=1S/C8H14NP/c1-7-3-4-8(9-7)5-6-10-2/h5,9-10H,1,3-4,6H2,2H3/b8-5-. The van der Waals surface area contributed by atoms with Gasteiger partial charge in [-0.05, 0) is 25.7 Å². The van der Waals surface area contributed by atoms with E-state index in [9.17, 15) is 0 Å². The minimum atomic E-state index is 1.03. The highest BCUT2D eigenvalue weighted by atomic mass is 31.1. The van der Waals surface area contributed by atoms with Crippen molar-refractivity contribution in [1.29, 1.82) is 0 Å². The van der Waals surface area contributed by atoms with Crippen molar-refractivity contribution in [2.75, 3.05) is 12.8 Å². The van der Waals surface area contributed by atoms with Crippen LogP contribution in [0.25, 0.3) is 0 Å². The molecule has 0 amide bonds. The number of hydrogen-bond acceptors (Lipinski definition) is 1. The fourth-order valence-corrected chi connectivity index (χ4v) is 1.47. The lowest BCUT2D eigenvalue weighted by molar-refractivity contribution is 1.05. The summed E-state index contributed by atoms with van der Waals surface area (Å²) in [6, 6.07) is 0. The molecule has 1 aliphatic rings. The maximum absolute atomic E-state index is 3.86. The summed E-state index contributed by atoms with van der Waals surface area (Å²) >= 11 is 0. The molecular formula is C8H14NP. The van der Waals surface area contributed by atoms with Crippen molar-refractivity contribution in [3.05, 3.63) is 24.0 Å². The van der Waals surface area contributed by atoms with Crippen molar-refractivity contribution in [2.24, 2.45) is 0 Å². The van der Waals surface area contributed by atoms with Crippen LogP contribution < -0.4 is 5.32 Å². The molecule has 1 fully saturated rings. The van der Waals surface area contributed by atoms with Crippen LogP contribution in [0.1, 0.15) is 12.8 Å². The molecule has 1 unspecified atom stereocenters. The zero-order chi connectivity index (χ0) is 7.40. The van der Waals surface area contributed by atoms with Crippen LogP contribution in [-0.4, -0.2) is 12.8 Å². The fourth-order valence-electron chi connectivity index (χ4n) is 1.02. The van der Waals surface area contributed by atoms with Crippen molar-refractivity contribution < 1.29 is 0 Å². The zero-order valence-electron chi connectivity index (χ0n) is 6.41. The highest BCUT2D eigenvalue weighted by Crippen LogP contribution is 2.17. The van der Waals surface area contributed by atoms with Crippen LogP contribution in [0.2, 0.25) is 0 Å². The summed E-state index contributed by atoms with van der Waals surface area (Å²) < 4.78 is 0.